The standard InChI is InChI=1S/C12H13FN2.C10H12ClNO.CH3NO/c1-3-11-8(2)12(15-14-11)9-6-4-5-7-10(9)13;1-2-10(12-7-13)8-4-3-5-9(11)6-8;2-1-3/h4-7H,3H2,1-2H3,(H,14,15);3-7,10H,2H2,1H3,(H,12,13);1H,(H2,2,3). The van der Waals surface area contributed by atoms with Crippen molar-refractivity contribution in [3.05, 3.63) is 76.2 Å². The summed E-state index contributed by atoms with van der Waals surface area (Å²) in [6, 6.07) is 14.3. The van der Waals surface area contributed by atoms with Crippen molar-refractivity contribution in [3.8, 4) is 11.3 Å². The lowest BCUT2D eigenvalue weighted by molar-refractivity contribution is -0.110. The number of hydrogen-bond donors (Lipinski definition) is 3. The van der Waals surface area contributed by atoms with Crippen molar-refractivity contribution in [1.82, 2.24) is 15.5 Å². The summed E-state index contributed by atoms with van der Waals surface area (Å²) in [4.78, 5) is 18.9. The highest BCUT2D eigenvalue weighted by Gasteiger charge is 2.12. The molecular weight excluding hydrogens is 419 g/mol. The summed E-state index contributed by atoms with van der Waals surface area (Å²) >= 11 is 5.83. The lowest BCUT2D eigenvalue weighted by atomic mass is 10.1. The molecule has 166 valence electrons. The third-order valence-corrected chi connectivity index (χ3v) is 4.76. The van der Waals surface area contributed by atoms with Crippen LogP contribution in [0.15, 0.2) is 48.5 Å². The van der Waals surface area contributed by atoms with Crippen LogP contribution in [0.5, 0.6) is 0 Å². The van der Waals surface area contributed by atoms with Crippen LogP contribution in [-0.2, 0) is 16.0 Å². The summed E-state index contributed by atoms with van der Waals surface area (Å²) in [5.74, 6) is -0.227. The number of aromatic nitrogens is 2. The van der Waals surface area contributed by atoms with Crippen molar-refractivity contribution in [2.24, 2.45) is 5.73 Å². The van der Waals surface area contributed by atoms with Crippen LogP contribution in [0.2, 0.25) is 5.02 Å². The van der Waals surface area contributed by atoms with Gasteiger partial charge in [-0.2, -0.15) is 5.10 Å². The molecule has 1 heterocycles. The van der Waals surface area contributed by atoms with E-state index in [2.05, 4.69) is 21.2 Å². The molecule has 1 atom stereocenters. The normalized spacial score (nSPS) is 10.6. The lowest BCUT2D eigenvalue weighted by Crippen LogP contribution is -2.18. The van der Waals surface area contributed by atoms with Gasteiger partial charge >= 0.3 is 0 Å². The second kappa shape index (κ2) is 13.9. The van der Waals surface area contributed by atoms with Gasteiger partial charge in [0.1, 0.15) is 5.82 Å². The van der Waals surface area contributed by atoms with Crippen molar-refractivity contribution >= 4 is 24.4 Å². The molecule has 2 amide bonds. The van der Waals surface area contributed by atoms with Crippen LogP contribution in [0.4, 0.5) is 4.39 Å². The minimum absolute atomic E-state index is 0.0659. The third-order valence-electron chi connectivity index (χ3n) is 4.52. The van der Waals surface area contributed by atoms with Crippen LogP contribution in [-0.4, -0.2) is 23.0 Å². The van der Waals surface area contributed by atoms with Crippen molar-refractivity contribution in [2.75, 3.05) is 0 Å². The molecule has 0 aliphatic heterocycles. The van der Waals surface area contributed by atoms with Gasteiger partial charge in [0.15, 0.2) is 0 Å². The Balaban J connectivity index is 0.000000278. The van der Waals surface area contributed by atoms with Gasteiger partial charge in [0.25, 0.3) is 0 Å². The van der Waals surface area contributed by atoms with Gasteiger partial charge in [0, 0.05) is 16.3 Å². The fraction of sp³-hybridized carbons (Fsp3) is 0.261. The average Bonchev–Trinajstić information content (AvgIpc) is 3.13. The number of hydrogen-bond acceptors (Lipinski definition) is 3. The smallest absolute Gasteiger partial charge is 0.207 e. The maximum Gasteiger partial charge on any atom is 0.207 e. The first-order valence-electron chi connectivity index (χ1n) is 9.82. The van der Waals surface area contributed by atoms with E-state index in [1.54, 1.807) is 12.1 Å². The van der Waals surface area contributed by atoms with Crippen LogP contribution in [0.25, 0.3) is 11.3 Å². The quantitative estimate of drug-likeness (QED) is 0.477. The van der Waals surface area contributed by atoms with Gasteiger partial charge < -0.3 is 11.1 Å². The monoisotopic (exact) mass is 446 g/mol. The number of benzene rings is 2. The van der Waals surface area contributed by atoms with E-state index in [0.717, 1.165) is 36.1 Å². The maximum atomic E-state index is 13.5. The Labute approximate surface area is 187 Å². The minimum Gasteiger partial charge on any atom is -0.372 e. The summed E-state index contributed by atoms with van der Waals surface area (Å²) in [6.45, 7) is 6.03. The zero-order valence-electron chi connectivity index (χ0n) is 17.9. The number of aromatic amines is 1. The van der Waals surface area contributed by atoms with Crippen LogP contribution in [0.3, 0.4) is 0 Å². The van der Waals surface area contributed by atoms with Crippen molar-refractivity contribution in [2.45, 2.75) is 39.7 Å². The molecule has 0 saturated heterocycles. The Morgan fingerprint density at radius 1 is 1.19 bits per heavy atom. The molecule has 2 aromatic carbocycles. The Morgan fingerprint density at radius 3 is 2.39 bits per heavy atom. The zero-order chi connectivity index (χ0) is 23.2. The van der Waals surface area contributed by atoms with Crippen molar-refractivity contribution < 1.29 is 14.0 Å². The summed E-state index contributed by atoms with van der Waals surface area (Å²) in [5, 5.41) is 10.5. The molecule has 3 aromatic rings. The van der Waals surface area contributed by atoms with E-state index in [9.17, 15) is 9.18 Å². The molecule has 0 bridgehead atoms. The Kier molecular flexibility index (Phi) is 11.6. The van der Waals surface area contributed by atoms with E-state index in [1.165, 1.54) is 6.07 Å². The first-order chi connectivity index (χ1) is 14.9. The van der Waals surface area contributed by atoms with E-state index in [4.69, 9.17) is 16.4 Å². The summed E-state index contributed by atoms with van der Waals surface area (Å²) in [5.41, 5.74) is 8.58. The summed E-state index contributed by atoms with van der Waals surface area (Å²) in [6.07, 6.45) is 2.71. The molecule has 4 N–H and O–H groups in total. The van der Waals surface area contributed by atoms with E-state index < -0.39 is 0 Å². The molecule has 0 spiro atoms. The first-order valence-corrected chi connectivity index (χ1v) is 10.2. The van der Waals surface area contributed by atoms with Crippen molar-refractivity contribution in [3.63, 3.8) is 0 Å². The van der Waals surface area contributed by atoms with Crippen molar-refractivity contribution in [1.29, 1.82) is 0 Å². The van der Waals surface area contributed by atoms with Gasteiger partial charge in [-0.3, -0.25) is 14.7 Å². The predicted octanol–water partition coefficient (Wildman–Crippen LogP) is 4.73. The van der Waals surface area contributed by atoms with E-state index in [0.29, 0.717) is 16.3 Å². The van der Waals surface area contributed by atoms with E-state index >= 15 is 0 Å². The number of nitrogens with one attached hydrogen (secondary N) is 2. The number of halogens is 2. The molecule has 1 aromatic heterocycles. The topological polar surface area (TPSA) is 101 Å². The molecule has 0 fully saturated rings. The highest BCUT2D eigenvalue weighted by molar-refractivity contribution is 6.30. The molecule has 3 rings (SSSR count). The lowest BCUT2D eigenvalue weighted by Gasteiger charge is -2.13. The molecule has 0 aliphatic carbocycles. The summed E-state index contributed by atoms with van der Waals surface area (Å²) in [7, 11) is 0. The molecule has 8 heteroatoms. The minimum atomic E-state index is -0.227. The molecular formula is C23H28ClFN4O2. The number of nitrogens with zero attached hydrogens (tertiary/aromatic N) is 1. The SMILES string of the molecule is CCC(NC=O)c1cccc(Cl)c1.CCc1[nH]nc(-c2ccccc2F)c1C.NC=O. The van der Waals surface area contributed by atoms with Gasteiger partial charge in [-0.15, -0.1) is 0 Å². The second-order valence-electron chi connectivity index (χ2n) is 6.45. The molecule has 0 radical (unpaired) electrons. The largest absolute Gasteiger partial charge is 0.372 e. The first kappa shape index (κ1) is 25.8. The van der Waals surface area contributed by atoms with Crippen LogP contribution < -0.4 is 11.1 Å². The fourth-order valence-electron chi connectivity index (χ4n) is 2.95. The molecule has 1 unspecified atom stereocenters. The number of carbonyl (C=O) groups is 2. The maximum absolute atomic E-state index is 13.5. The fourth-order valence-corrected chi connectivity index (χ4v) is 3.15. The number of aryl methyl sites for hydroxylation is 1. The average molecular weight is 447 g/mol. The zero-order valence-corrected chi connectivity index (χ0v) is 18.6. The van der Waals surface area contributed by atoms with Crippen LogP contribution in [0.1, 0.15) is 43.1 Å². The Morgan fingerprint density at radius 2 is 1.87 bits per heavy atom. The van der Waals surface area contributed by atoms with Gasteiger partial charge in [-0.25, -0.2) is 4.39 Å². The molecule has 0 saturated carbocycles. The van der Waals surface area contributed by atoms with Crippen LogP contribution >= 0.6 is 11.6 Å². The van der Waals surface area contributed by atoms with Gasteiger partial charge in [-0.1, -0.05) is 49.7 Å². The Hall–Kier alpha value is -3.19. The number of primary amides is 1. The number of amides is 2. The van der Waals surface area contributed by atoms with Crippen LogP contribution in [0, 0.1) is 12.7 Å². The van der Waals surface area contributed by atoms with Gasteiger partial charge in [0.2, 0.25) is 12.8 Å². The predicted molar refractivity (Wildman–Crippen MR) is 122 cm³/mol. The number of nitrogens with two attached hydrogens (primary N) is 1. The molecule has 31 heavy (non-hydrogen) atoms. The highest BCUT2D eigenvalue weighted by atomic mass is 35.5. The van der Waals surface area contributed by atoms with E-state index in [-0.39, 0.29) is 18.3 Å². The second-order valence-corrected chi connectivity index (χ2v) is 6.88. The number of carbonyl (C=O) groups excluding carboxylic acids is 2. The third kappa shape index (κ3) is 7.86. The summed E-state index contributed by atoms with van der Waals surface area (Å²) < 4.78 is 13.5. The van der Waals surface area contributed by atoms with Gasteiger partial charge in [0.05, 0.1) is 11.7 Å². The molecule has 0 aliphatic rings. The Bertz CT molecular complexity index is 962. The number of H-pyrrole nitrogens is 1. The molecule has 6 nitrogen and oxygen atoms in total. The van der Waals surface area contributed by atoms with Gasteiger partial charge in [-0.05, 0) is 55.2 Å². The number of rotatable bonds is 6. The van der Waals surface area contributed by atoms with E-state index in [1.807, 2.05) is 51.1 Å². The highest BCUT2D eigenvalue weighted by Crippen LogP contribution is 2.25.